The summed E-state index contributed by atoms with van der Waals surface area (Å²) in [6.45, 7) is 4.11. The van der Waals surface area contributed by atoms with Gasteiger partial charge in [-0.25, -0.2) is 14.2 Å². The summed E-state index contributed by atoms with van der Waals surface area (Å²) in [5.74, 6) is -0.290. The summed E-state index contributed by atoms with van der Waals surface area (Å²) in [6, 6.07) is 20.3. The van der Waals surface area contributed by atoms with Gasteiger partial charge in [0.15, 0.2) is 0 Å². The van der Waals surface area contributed by atoms with E-state index in [0.29, 0.717) is 52.4 Å². The first-order valence-electron chi connectivity index (χ1n) is 14.7. The Morgan fingerprint density at radius 3 is 2.40 bits per heavy atom. The average Bonchev–Trinajstić information content (AvgIpc) is 3.07. The van der Waals surface area contributed by atoms with E-state index >= 15 is 0 Å². The van der Waals surface area contributed by atoms with Gasteiger partial charge in [-0.15, -0.1) is 0 Å². The lowest BCUT2D eigenvalue weighted by molar-refractivity contribution is -0.155. The van der Waals surface area contributed by atoms with Gasteiger partial charge >= 0.3 is 11.9 Å². The molecule has 0 aliphatic carbocycles. The highest BCUT2D eigenvalue weighted by atomic mass is 19.1. The van der Waals surface area contributed by atoms with Gasteiger partial charge in [0.05, 0.1) is 43.5 Å². The molecule has 0 aliphatic rings. The zero-order chi connectivity index (χ0) is 32.6. The fraction of sp³-hybridized carbons (Fsp3) is 0.343. The zero-order valence-corrected chi connectivity index (χ0v) is 26.2. The van der Waals surface area contributed by atoms with E-state index in [1.54, 1.807) is 47.4 Å². The van der Waals surface area contributed by atoms with Gasteiger partial charge in [-0.2, -0.15) is 0 Å². The molecule has 0 saturated carbocycles. The number of carbonyl (C=O) groups is 2. The predicted octanol–water partition coefficient (Wildman–Crippen LogP) is 6.44. The number of ether oxygens (including phenoxy) is 4. The van der Waals surface area contributed by atoms with Crippen LogP contribution in [0.1, 0.15) is 54.7 Å². The van der Waals surface area contributed by atoms with Crippen molar-refractivity contribution >= 4 is 28.5 Å². The van der Waals surface area contributed by atoms with Gasteiger partial charge in [0.2, 0.25) is 0 Å². The zero-order valence-electron chi connectivity index (χ0n) is 26.2. The van der Waals surface area contributed by atoms with Gasteiger partial charge in [-0.05, 0) is 55.3 Å². The SMILES string of the molecule is CCC(CC)(CC(O)N(Cc1ccc(C(=O)OC)cc1OC)c1cccc(OCc2ccc3ccc(F)cc3n2)c1)C(=O)OC. The maximum Gasteiger partial charge on any atom is 0.337 e. The fourth-order valence-electron chi connectivity index (χ4n) is 5.38. The smallest absolute Gasteiger partial charge is 0.337 e. The predicted molar refractivity (Wildman–Crippen MR) is 169 cm³/mol. The van der Waals surface area contributed by atoms with E-state index in [9.17, 15) is 19.1 Å². The molecule has 0 spiro atoms. The molecule has 1 N–H and O–H groups in total. The Kier molecular flexibility index (Phi) is 11.0. The molecule has 45 heavy (non-hydrogen) atoms. The van der Waals surface area contributed by atoms with Crippen LogP contribution in [-0.4, -0.2) is 49.6 Å². The number of rotatable bonds is 14. The molecule has 0 amide bonds. The van der Waals surface area contributed by atoms with Gasteiger partial charge in [0.25, 0.3) is 0 Å². The van der Waals surface area contributed by atoms with Crippen molar-refractivity contribution < 1.29 is 38.0 Å². The number of anilines is 1. The minimum Gasteiger partial charge on any atom is -0.496 e. The maximum absolute atomic E-state index is 13.7. The largest absolute Gasteiger partial charge is 0.496 e. The minimum absolute atomic E-state index is 0.109. The Morgan fingerprint density at radius 2 is 1.71 bits per heavy atom. The highest BCUT2D eigenvalue weighted by molar-refractivity contribution is 5.90. The number of benzene rings is 3. The average molecular weight is 619 g/mol. The molecule has 4 aromatic rings. The number of fused-ring (bicyclic) bond motifs is 1. The second-order valence-electron chi connectivity index (χ2n) is 10.7. The molecular weight excluding hydrogens is 579 g/mol. The van der Waals surface area contributed by atoms with E-state index in [4.69, 9.17) is 18.9 Å². The molecular formula is C35H39FN2O7. The molecule has 0 saturated heterocycles. The van der Waals surface area contributed by atoms with Crippen molar-refractivity contribution in [3.63, 3.8) is 0 Å². The van der Waals surface area contributed by atoms with Crippen LogP contribution in [0.3, 0.4) is 0 Å². The van der Waals surface area contributed by atoms with Crippen molar-refractivity contribution in [3.8, 4) is 11.5 Å². The molecule has 1 heterocycles. The van der Waals surface area contributed by atoms with E-state index in [1.165, 1.54) is 33.5 Å². The molecule has 9 nitrogen and oxygen atoms in total. The molecule has 1 unspecified atom stereocenters. The summed E-state index contributed by atoms with van der Waals surface area (Å²) in [4.78, 5) is 31.3. The number of esters is 2. The Hall–Kier alpha value is -4.70. The lowest BCUT2D eigenvalue weighted by Crippen LogP contribution is -2.43. The summed E-state index contributed by atoms with van der Waals surface area (Å²) < 4.78 is 35.4. The van der Waals surface area contributed by atoms with Gasteiger partial charge in [-0.3, -0.25) is 4.79 Å². The van der Waals surface area contributed by atoms with Crippen LogP contribution in [0.25, 0.3) is 10.9 Å². The van der Waals surface area contributed by atoms with Gasteiger partial charge < -0.3 is 29.0 Å². The highest BCUT2D eigenvalue weighted by Gasteiger charge is 2.39. The second kappa shape index (κ2) is 14.9. The topological polar surface area (TPSA) is 107 Å². The summed E-state index contributed by atoms with van der Waals surface area (Å²) in [7, 11) is 4.16. The fourth-order valence-corrected chi connectivity index (χ4v) is 5.38. The number of halogens is 1. The number of aliphatic hydroxyl groups excluding tert-OH is 1. The first-order chi connectivity index (χ1) is 21.7. The summed E-state index contributed by atoms with van der Waals surface area (Å²) in [5.41, 5.74) is 1.90. The van der Waals surface area contributed by atoms with Crippen molar-refractivity contribution in [2.24, 2.45) is 5.41 Å². The van der Waals surface area contributed by atoms with Crippen molar-refractivity contribution in [1.82, 2.24) is 4.98 Å². The van der Waals surface area contributed by atoms with E-state index in [2.05, 4.69) is 4.98 Å². The van der Waals surface area contributed by atoms with Crippen LogP contribution in [0, 0.1) is 11.2 Å². The minimum atomic E-state index is -1.11. The van der Waals surface area contributed by atoms with Crippen LogP contribution in [0.15, 0.2) is 72.8 Å². The van der Waals surface area contributed by atoms with Crippen molar-refractivity contribution in [2.45, 2.75) is 52.5 Å². The summed E-state index contributed by atoms with van der Waals surface area (Å²) >= 11 is 0. The monoisotopic (exact) mass is 618 g/mol. The molecule has 1 atom stereocenters. The van der Waals surface area contributed by atoms with E-state index in [0.717, 1.165) is 5.39 Å². The second-order valence-corrected chi connectivity index (χ2v) is 10.7. The number of carbonyl (C=O) groups excluding carboxylic acids is 2. The van der Waals surface area contributed by atoms with Crippen LogP contribution in [0.5, 0.6) is 11.5 Å². The van der Waals surface area contributed by atoms with Crippen LogP contribution in [0.2, 0.25) is 0 Å². The Balaban J connectivity index is 1.66. The number of hydrogen-bond acceptors (Lipinski definition) is 9. The molecule has 10 heteroatoms. The van der Waals surface area contributed by atoms with Crippen LogP contribution in [0.4, 0.5) is 10.1 Å². The lowest BCUT2D eigenvalue weighted by atomic mass is 9.78. The molecule has 238 valence electrons. The van der Waals surface area contributed by atoms with E-state index < -0.39 is 17.6 Å². The van der Waals surface area contributed by atoms with Crippen LogP contribution in [-0.2, 0) is 27.4 Å². The first kappa shape index (κ1) is 33.2. The highest BCUT2D eigenvalue weighted by Crippen LogP contribution is 2.37. The Labute approximate surface area is 262 Å². The number of aliphatic hydroxyl groups is 1. The summed E-state index contributed by atoms with van der Waals surface area (Å²) in [6.07, 6.45) is -0.0485. The van der Waals surface area contributed by atoms with Crippen molar-refractivity contribution in [2.75, 3.05) is 26.2 Å². The van der Waals surface area contributed by atoms with Crippen LogP contribution < -0.4 is 14.4 Å². The summed E-state index contributed by atoms with van der Waals surface area (Å²) in [5, 5.41) is 12.6. The third kappa shape index (κ3) is 7.69. The first-order valence-corrected chi connectivity index (χ1v) is 14.7. The number of nitrogens with zero attached hydrogens (tertiary/aromatic N) is 2. The molecule has 0 fully saturated rings. The maximum atomic E-state index is 13.7. The molecule has 4 rings (SSSR count). The molecule has 0 bridgehead atoms. The lowest BCUT2D eigenvalue weighted by Gasteiger charge is -2.37. The quantitative estimate of drug-likeness (QED) is 0.126. The number of aromatic nitrogens is 1. The number of hydrogen-bond donors (Lipinski definition) is 1. The Bertz CT molecular complexity index is 1640. The normalized spacial score (nSPS) is 12.0. The van der Waals surface area contributed by atoms with E-state index in [1.807, 2.05) is 32.0 Å². The number of methoxy groups -OCH3 is 3. The van der Waals surface area contributed by atoms with Crippen molar-refractivity contribution in [3.05, 3.63) is 95.4 Å². The Morgan fingerprint density at radius 1 is 0.956 bits per heavy atom. The standard InChI is InChI=1S/C35H39FN2O7/c1-6-35(7-2,34(41)44-5)20-32(39)38(21-25-12-11-24(33(40)43-4)17-31(25)42-3)28-9-8-10-29(19-28)45-22-27-16-14-23-13-15-26(36)18-30(23)37-27/h8-19,32,39H,6-7,20-22H2,1-5H3. The molecule has 0 aliphatic heterocycles. The third-order valence-electron chi connectivity index (χ3n) is 8.20. The van der Waals surface area contributed by atoms with E-state index in [-0.39, 0.29) is 31.4 Å². The van der Waals surface area contributed by atoms with Gasteiger partial charge in [0.1, 0.15) is 30.2 Å². The molecule has 1 aromatic heterocycles. The number of pyridine rings is 1. The van der Waals surface area contributed by atoms with Crippen LogP contribution >= 0.6 is 0 Å². The van der Waals surface area contributed by atoms with Gasteiger partial charge in [-0.1, -0.05) is 32.0 Å². The molecule has 3 aromatic carbocycles. The van der Waals surface area contributed by atoms with Crippen molar-refractivity contribution in [1.29, 1.82) is 0 Å². The third-order valence-corrected chi connectivity index (χ3v) is 8.20. The van der Waals surface area contributed by atoms with Gasteiger partial charge in [0, 0.05) is 41.7 Å². The molecule has 0 radical (unpaired) electrons.